The standard InChI is InChI=1S/C22H43N5O12/c1-6(24)17-15(33)16(34)22(37-17)39-19-12(30)8(27-20(35)9(29)2-3-23)4-7(25)18(19)38-21-11(26)14(32)13(31)10(5-28)36-21/h6-19,21-22,28-34H,2-5,23-26H2,1H3,(H,27,35)/t6-,7+,8-,9+,10-,11-,12+,13-,14-,15+,16-,17-,18-,19-,21-,22+/m1/s1. The summed E-state index contributed by atoms with van der Waals surface area (Å²) in [5, 5.41) is 74.5. The molecule has 2 aliphatic heterocycles. The van der Waals surface area contributed by atoms with Gasteiger partial charge in [0.15, 0.2) is 12.6 Å². The number of rotatable bonds is 10. The predicted molar refractivity (Wildman–Crippen MR) is 130 cm³/mol. The van der Waals surface area contributed by atoms with Gasteiger partial charge >= 0.3 is 0 Å². The summed E-state index contributed by atoms with van der Waals surface area (Å²) >= 11 is 0. The fourth-order valence-corrected chi connectivity index (χ4v) is 5.04. The van der Waals surface area contributed by atoms with Gasteiger partial charge in [-0.05, 0) is 26.3 Å². The summed E-state index contributed by atoms with van der Waals surface area (Å²) in [6.45, 7) is 0.930. The summed E-state index contributed by atoms with van der Waals surface area (Å²) in [5.74, 6) is -0.806. The van der Waals surface area contributed by atoms with Crippen LogP contribution in [0.25, 0.3) is 0 Å². The number of hydrogen-bond acceptors (Lipinski definition) is 16. The third kappa shape index (κ3) is 7.03. The first kappa shape index (κ1) is 32.4. The lowest BCUT2D eigenvalue weighted by atomic mass is 9.83. The average Bonchev–Trinajstić information content (AvgIpc) is 3.17. The molecule has 16 atom stereocenters. The van der Waals surface area contributed by atoms with Crippen molar-refractivity contribution in [2.24, 2.45) is 22.9 Å². The smallest absolute Gasteiger partial charge is 0.249 e. The van der Waals surface area contributed by atoms with E-state index in [0.717, 1.165) is 0 Å². The Labute approximate surface area is 224 Å². The second-order valence-electron chi connectivity index (χ2n) is 10.4. The van der Waals surface area contributed by atoms with Crippen LogP contribution < -0.4 is 28.3 Å². The van der Waals surface area contributed by atoms with Gasteiger partial charge < -0.3 is 82.9 Å². The van der Waals surface area contributed by atoms with E-state index in [1.165, 1.54) is 0 Å². The number of aliphatic hydroxyl groups is 7. The second-order valence-corrected chi connectivity index (χ2v) is 10.4. The number of hydrogen-bond donors (Lipinski definition) is 12. The molecule has 1 saturated carbocycles. The van der Waals surface area contributed by atoms with Crippen molar-refractivity contribution in [3.05, 3.63) is 0 Å². The van der Waals surface area contributed by atoms with E-state index in [1.54, 1.807) is 6.92 Å². The second kappa shape index (κ2) is 13.7. The molecule has 0 aromatic carbocycles. The molecule has 0 aromatic rings. The molecular formula is C22H43N5O12. The van der Waals surface area contributed by atoms with Crippen LogP contribution in [-0.4, -0.2) is 153 Å². The van der Waals surface area contributed by atoms with Crippen molar-refractivity contribution in [3.8, 4) is 0 Å². The minimum atomic E-state index is -1.57. The van der Waals surface area contributed by atoms with E-state index in [-0.39, 0.29) is 19.4 Å². The molecule has 0 aromatic heterocycles. The van der Waals surface area contributed by atoms with E-state index in [0.29, 0.717) is 0 Å². The van der Waals surface area contributed by atoms with Gasteiger partial charge in [-0.3, -0.25) is 4.79 Å². The van der Waals surface area contributed by atoms with Gasteiger partial charge in [0.2, 0.25) is 5.91 Å². The number of aliphatic hydroxyl groups excluding tert-OH is 7. The van der Waals surface area contributed by atoms with Crippen LogP contribution in [-0.2, 0) is 23.7 Å². The van der Waals surface area contributed by atoms with Gasteiger partial charge in [0.25, 0.3) is 0 Å². The van der Waals surface area contributed by atoms with Gasteiger partial charge in [0, 0.05) is 12.1 Å². The van der Waals surface area contributed by atoms with Crippen LogP contribution >= 0.6 is 0 Å². The molecule has 3 rings (SSSR count). The Balaban J connectivity index is 1.85. The van der Waals surface area contributed by atoms with Crippen LogP contribution in [0.4, 0.5) is 0 Å². The summed E-state index contributed by atoms with van der Waals surface area (Å²) in [7, 11) is 0. The summed E-state index contributed by atoms with van der Waals surface area (Å²) in [5.41, 5.74) is 23.6. The maximum atomic E-state index is 12.4. The van der Waals surface area contributed by atoms with Crippen LogP contribution in [0.2, 0.25) is 0 Å². The lowest BCUT2D eigenvalue weighted by molar-refractivity contribution is -0.310. The molecule has 39 heavy (non-hydrogen) atoms. The first-order valence-corrected chi connectivity index (χ1v) is 12.9. The van der Waals surface area contributed by atoms with Crippen LogP contribution in [0.15, 0.2) is 0 Å². The molecule has 0 spiro atoms. The topological polar surface area (TPSA) is 312 Å². The van der Waals surface area contributed by atoms with Crippen molar-refractivity contribution < 1.29 is 59.5 Å². The summed E-state index contributed by atoms with van der Waals surface area (Å²) in [6, 6.07) is -4.04. The first-order chi connectivity index (χ1) is 18.3. The van der Waals surface area contributed by atoms with E-state index in [1.807, 2.05) is 0 Å². The molecule has 17 heteroatoms. The van der Waals surface area contributed by atoms with Crippen molar-refractivity contribution >= 4 is 5.91 Å². The zero-order chi connectivity index (χ0) is 29.2. The molecular weight excluding hydrogens is 526 g/mol. The Kier molecular flexibility index (Phi) is 11.4. The summed E-state index contributed by atoms with van der Waals surface area (Å²) in [4.78, 5) is 12.4. The minimum absolute atomic E-state index is 0.0257. The highest BCUT2D eigenvalue weighted by Crippen LogP contribution is 2.33. The van der Waals surface area contributed by atoms with Gasteiger partial charge in [-0.25, -0.2) is 0 Å². The fourth-order valence-electron chi connectivity index (χ4n) is 5.04. The van der Waals surface area contributed by atoms with E-state index < -0.39 is 110 Å². The predicted octanol–water partition coefficient (Wildman–Crippen LogP) is -7.40. The molecule has 3 fully saturated rings. The molecule has 1 aliphatic carbocycles. The highest BCUT2D eigenvalue weighted by molar-refractivity contribution is 5.80. The van der Waals surface area contributed by atoms with Crippen LogP contribution in [0.1, 0.15) is 19.8 Å². The maximum absolute atomic E-state index is 12.4. The molecule has 228 valence electrons. The number of carbonyl (C=O) groups excluding carboxylic acids is 1. The highest BCUT2D eigenvalue weighted by atomic mass is 16.7. The third-order valence-corrected chi connectivity index (χ3v) is 7.38. The Morgan fingerprint density at radius 2 is 1.62 bits per heavy atom. The molecule has 2 saturated heterocycles. The SMILES string of the molecule is C[C@@H](N)[C@H]1O[C@@H](O[C@@H]2[C@@H](O)[C@H](NC(=O)[C@@H](O)CCN)C[C@H](N)[C@H]2O[C@H]2O[C@H](CO)[C@@H](O)[C@H](O)[C@H]2N)[C@H](O)[C@@H]1O. The number of ether oxygens (including phenoxy) is 4. The normalized spacial score (nSPS) is 46.6. The monoisotopic (exact) mass is 569 g/mol. The largest absolute Gasteiger partial charge is 0.394 e. The molecule has 1 amide bonds. The van der Waals surface area contributed by atoms with Crippen LogP contribution in [0, 0.1) is 0 Å². The van der Waals surface area contributed by atoms with Gasteiger partial charge in [-0.15, -0.1) is 0 Å². The molecule has 16 N–H and O–H groups in total. The fraction of sp³-hybridized carbons (Fsp3) is 0.955. The van der Waals surface area contributed by atoms with Crippen molar-refractivity contribution in [2.75, 3.05) is 13.2 Å². The number of nitrogens with one attached hydrogen (secondary N) is 1. The Morgan fingerprint density at radius 3 is 2.18 bits per heavy atom. The first-order valence-electron chi connectivity index (χ1n) is 12.9. The molecule has 17 nitrogen and oxygen atoms in total. The Hall–Kier alpha value is -1.13. The van der Waals surface area contributed by atoms with E-state index in [9.17, 15) is 40.5 Å². The molecule has 0 radical (unpaired) electrons. The summed E-state index contributed by atoms with van der Waals surface area (Å²) in [6.07, 6.45) is -17.0. The maximum Gasteiger partial charge on any atom is 0.249 e. The Morgan fingerprint density at radius 1 is 0.974 bits per heavy atom. The number of carbonyl (C=O) groups is 1. The number of nitrogens with two attached hydrogens (primary N) is 4. The lowest BCUT2D eigenvalue weighted by Crippen LogP contribution is -2.69. The molecule has 2 heterocycles. The quantitative estimate of drug-likeness (QED) is 0.116. The van der Waals surface area contributed by atoms with E-state index in [4.69, 9.17) is 41.9 Å². The molecule has 0 unspecified atom stereocenters. The number of amides is 1. The van der Waals surface area contributed by atoms with Gasteiger partial charge in [0.1, 0.15) is 61.0 Å². The lowest BCUT2D eigenvalue weighted by Gasteiger charge is -2.47. The molecule has 0 bridgehead atoms. The third-order valence-electron chi connectivity index (χ3n) is 7.38. The van der Waals surface area contributed by atoms with E-state index >= 15 is 0 Å². The zero-order valence-electron chi connectivity index (χ0n) is 21.5. The minimum Gasteiger partial charge on any atom is -0.394 e. The van der Waals surface area contributed by atoms with Crippen molar-refractivity contribution in [3.63, 3.8) is 0 Å². The van der Waals surface area contributed by atoms with Crippen LogP contribution in [0.3, 0.4) is 0 Å². The zero-order valence-corrected chi connectivity index (χ0v) is 21.5. The average molecular weight is 570 g/mol. The highest BCUT2D eigenvalue weighted by Gasteiger charge is 2.53. The van der Waals surface area contributed by atoms with Gasteiger partial charge in [-0.2, -0.15) is 0 Å². The Bertz CT molecular complexity index is 799. The van der Waals surface area contributed by atoms with Crippen molar-refractivity contribution in [2.45, 2.75) is 118 Å². The molecule has 3 aliphatic rings. The van der Waals surface area contributed by atoms with E-state index in [2.05, 4.69) is 5.32 Å². The van der Waals surface area contributed by atoms with Crippen molar-refractivity contribution in [1.82, 2.24) is 5.32 Å². The van der Waals surface area contributed by atoms with Crippen LogP contribution in [0.5, 0.6) is 0 Å². The van der Waals surface area contributed by atoms with Gasteiger partial charge in [-0.1, -0.05) is 0 Å². The van der Waals surface area contributed by atoms with Gasteiger partial charge in [0.05, 0.1) is 18.7 Å². The summed E-state index contributed by atoms with van der Waals surface area (Å²) < 4.78 is 22.9. The van der Waals surface area contributed by atoms with Crippen molar-refractivity contribution in [1.29, 1.82) is 0 Å².